The fourth-order valence-corrected chi connectivity index (χ4v) is 4.31. The Balaban J connectivity index is 1.23. The van der Waals surface area contributed by atoms with Crippen molar-refractivity contribution in [2.75, 3.05) is 0 Å². The van der Waals surface area contributed by atoms with Gasteiger partial charge in [0.25, 0.3) is 5.91 Å². The number of aromatic nitrogens is 8. The summed E-state index contributed by atoms with van der Waals surface area (Å²) >= 11 is 0. The number of rotatable bonds is 9. The van der Waals surface area contributed by atoms with Crippen LogP contribution in [0.3, 0.4) is 0 Å². The van der Waals surface area contributed by atoms with Gasteiger partial charge in [0, 0.05) is 42.0 Å². The van der Waals surface area contributed by atoms with Gasteiger partial charge in [0.15, 0.2) is 11.6 Å². The summed E-state index contributed by atoms with van der Waals surface area (Å²) in [6.07, 6.45) is 9.91. The molecule has 0 aromatic carbocycles. The van der Waals surface area contributed by atoms with E-state index in [0.717, 1.165) is 52.6 Å². The predicted molar refractivity (Wildman–Crippen MR) is 147 cm³/mol. The van der Waals surface area contributed by atoms with Crippen LogP contribution < -0.4 is 5.32 Å². The van der Waals surface area contributed by atoms with E-state index in [1.165, 1.54) is 5.56 Å². The highest BCUT2D eigenvalue weighted by Gasteiger charge is 2.15. The Hall–Kier alpha value is -4.73. The van der Waals surface area contributed by atoms with Crippen molar-refractivity contribution < 1.29 is 4.79 Å². The van der Waals surface area contributed by atoms with E-state index >= 15 is 0 Å². The average molecular weight is 522 g/mol. The highest BCUT2D eigenvalue weighted by Crippen LogP contribution is 2.18. The first-order valence-electron chi connectivity index (χ1n) is 13.0. The van der Waals surface area contributed by atoms with Crippen molar-refractivity contribution in [3.8, 4) is 17.2 Å². The number of carbonyl (C=O) groups is 1. The molecule has 0 unspecified atom stereocenters. The topological polar surface area (TPSA) is 127 Å². The molecule has 0 aliphatic rings. The number of hydrogen-bond donors (Lipinski definition) is 2. The molecule has 0 saturated heterocycles. The third-order valence-electron chi connectivity index (χ3n) is 6.31. The van der Waals surface area contributed by atoms with E-state index in [1.54, 1.807) is 23.1 Å². The summed E-state index contributed by atoms with van der Waals surface area (Å²) in [5.74, 6) is 1.03. The molecule has 1 amide bonds. The van der Waals surface area contributed by atoms with E-state index in [9.17, 15) is 4.79 Å². The van der Waals surface area contributed by atoms with Crippen LogP contribution in [-0.4, -0.2) is 45.8 Å². The molecule has 5 aromatic rings. The molecule has 5 rings (SSSR count). The molecule has 5 heterocycles. The van der Waals surface area contributed by atoms with E-state index in [4.69, 9.17) is 4.98 Å². The molecule has 2 N–H and O–H groups in total. The van der Waals surface area contributed by atoms with Gasteiger partial charge in [-0.15, -0.1) is 0 Å². The van der Waals surface area contributed by atoms with Gasteiger partial charge in [0.05, 0.1) is 23.6 Å². The van der Waals surface area contributed by atoms with Crippen LogP contribution in [0.25, 0.3) is 17.2 Å². The maximum atomic E-state index is 12.9. The number of amides is 1. The van der Waals surface area contributed by atoms with Crippen molar-refractivity contribution in [2.24, 2.45) is 0 Å². The molecule has 0 aliphatic carbocycles. The summed E-state index contributed by atoms with van der Waals surface area (Å²) in [5.41, 5.74) is 6.77. The monoisotopic (exact) mass is 521 g/mol. The van der Waals surface area contributed by atoms with E-state index in [0.29, 0.717) is 17.9 Å². The third kappa shape index (κ3) is 6.23. The first-order valence-corrected chi connectivity index (χ1v) is 13.0. The Morgan fingerprint density at radius 2 is 1.90 bits per heavy atom. The van der Waals surface area contributed by atoms with Gasteiger partial charge in [0.1, 0.15) is 5.69 Å². The van der Waals surface area contributed by atoms with Gasteiger partial charge in [-0.2, -0.15) is 10.2 Å². The van der Waals surface area contributed by atoms with Crippen LogP contribution in [0.15, 0.2) is 61.2 Å². The summed E-state index contributed by atoms with van der Waals surface area (Å²) in [6.45, 7) is 7.96. The van der Waals surface area contributed by atoms with Gasteiger partial charge < -0.3 is 5.32 Å². The first-order chi connectivity index (χ1) is 18.9. The Labute approximate surface area is 227 Å². The second-order valence-corrected chi connectivity index (χ2v) is 9.66. The predicted octanol–water partition coefficient (Wildman–Crippen LogP) is 4.49. The number of carbonyl (C=O) groups excluding carboxylic acids is 1. The smallest absolute Gasteiger partial charge is 0.270 e. The molecular formula is C29H31N9O. The average Bonchev–Trinajstić information content (AvgIpc) is 3.57. The maximum absolute atomic E-state index is 12.9. The molecule has 5 aromatic heterocycles. The van der Waals surface area contributed by atoms with E-state index in [1.807, 2.05) is 63.5 Å². The summed E-state index contributed by atoms with van der Waals surface area (Å²) in [5, 5.41) is 14.6. The zero-order valence-corrected chi connectivity index (χ0v) is 22.5. The van der Waals surface area contributed by atoms with Crippen molar-refractivity contribution in [2.45, 2.75) is 53.0 Å². The van der Waals surface area contributed by atoms with E-state index in [-0.39, 0.29) is 11.9 Å². The lowest BCUT2D eigenvalue weighted by atomic mass is 10.1. The number of pyridine rings is 2. The minimum absolute atomic E-state index is 0.248. The zero-order valence-electron chi connectivity index (χ0n) is 22.5. The number of hydrogen-bond acceptors (Lipinski definition) is 7. The second-order valence-electron chi connectivity index (χ2n) is 9.66. The number of nitrogens with zero attached hydrogens (tertiary/aromatic N) is 7. The fourth-order valence-electron chi connectivity index (χ4n) is 4.31. The first kappa shape index (κ1) is 25.9. The van der Waals surface area contributed by atoms with Gasteiger partial charge in [-0.1, -0.05) is 19.4 Å². The lowest BCUT2D eigenvalue weighted by molar-refractivity contribution is 0.0935. The number of aromatic amines is 1. The zero-order chi connectivity index (χ0) is 27.4. The lowest BCUT2D eigenvalue weighted by Gasteiger charge is -2.14. The van der Waals surface area contributed by atoms with Crippen molar-refractivity contribution in [1.82, 2.24) is 45.2 Å². The van der Waals surface area contributed by atoms with Gasteiger partial charge in [-0.25, -0.2) is 19.6 Å². The van der Waals surface area contributed by atoms with Crippen molar-refractivity contribution in [3.05, 3.63) is 101 Å². The molecule has 0 radical (unpaired) electrons. The molecule has 0 aliphatic heterocycles. The maximum Gasteiger partial charge on any atom is 0.270 e. The summed E-state index contributed by atoms with van der Waals surface area (Å²) < 4.78 is 1.77. The van der Waals surface area contributed by atoms with Crippen LogP contribution in [-0.2, 0) is 12.8 Å². The minimum atomic E-state index is -0.269. The molecule has 10 nitrogen and oxygen atoms in total. The van der Waals surface area contributed by atoms with Gasteiger partial charge in [-0.05, 0) is 68.7 Å². The van der Waals surface area contributed by atoms with Gasteiger partial charge in [-0.3, -0.25) is 14.9 Å². The largest absolute Gasteiger partial charge is 0.344 e. The number of aryl methyl sites for hydroxylation is 3. The highest BCUT2D eigenvalue weighted by atomic mass is 16.1. The Kier molecular flexibility index (Phi) is 7.53. The number of H-pyrrole nitrogens is 1. The highest BCUT2D eigenvalue weighted by molar-refractivity contribution is 5.92. The quantitative estimate of drug-likeness (QED) is 0.292. The minimum Gasteiger partial charge on any atom is -0.344 e. The molecule has 0 fully saturated rings. The molecule has 0 saturated carbocycles. The third-order valence-corrected chi connectivity index (χ3v) is 6.31. The molecule has 0 spiro atoms. The molecule has 0 bridgehead atoms. The summed E-state index contributed by atoms with van der Waals surface area (Å²) in [4.78, 5) is 31.1. The van der Waals surface area contributed by atoms with Crippen LogP contribution >= 0.6 is 0 Å². The molecule has 10 heteroatoms. The normalized spacial score (nSPS) is 11.9. The summed E-state index contributed by atoms with van der Waals surface area (Å²) in [6, 6.07) is 11.1. The van der Waals surface area contributed by atoms with Crippen molar-refractivity contribution >= 4 is 5.91 Å². The lowest BCUT2D eigenvalue weighted by Crippen LogP contribution is -2.27. The molecule has 39 heavy (non-hydrogen) atoms. The second kappa shape index (κ2) is 11.3. The Morgan fingerprint density at radius 1 is 1.03 bits per heavy atom. The molecule has 1 atom stereocenters. The van der Waals surface area contributed by atoms with Gasteiger partial charge in [0.2, 0.25) is 0 Å². The van der Waals surface area contributed by atoms with E-state index in [2.05, 4.69) is 42.5 Å². The van der Waals surface area contributed by atoms with E-state index < -0.39 is 0 Å². The van der Waals surface area contributed by atoms with Crippen LogP contribution in [0.1, 0.15) is 70.7 Å². The van der Waals surface area contributed by atoms with Crippen LogP contribution in [0.2, 0.25) is 0 Å². The Bertz CT molecular complexity index is 1570. The molecular weight excluding hydrogens is 490 g/mol. The van der Waals surface area contributed by atoms with Gasteiger partial charge >= 0.3 is 0 Å². The number of nitrogens with one attached hydrogen (secondary N) is 2. The van der Waals surface area contributed by atoms with Crippen LogP contribution in [0.5, 0.6) is 0 Å². The standard InChI is InChI=1S/C29H31N9O/c1-5-6-21-14-32-38(17-21)27-10-8-22(15-31-27)20(4)34-29(39)26-9-7-23(16-30-26)28-33-18(2)11-24(35-28)13-25-12-19(3)36-37-25/h7-12,14-17,20H,5-6,13H2,1-4H3,(H,34,39)(H,36,37)/t20-/m0/s1. The Morgan fingerprint density at radius 3 is 2.59 bits per heavy atom. The van der Waals surface area contributed by atoms with Crippen LogP contribution in [0, 0.1) is 13.8 Å². The van der Waals surface area contributed by atoms with Crippen molar-refractivity contribution in [3.63, 3.8) is 0 Å². The molecule has 198 valence electrons. The summed E-state index contributed by atoms with van der Waals surface area (Å²) in [7, 11) is 0. The SMILES string of the molecule is CCCc1cnn(-c2ccc([C@H](C)NC(=O)c3ccc(-c4nc(C)cc(Cc5cc(C)[nH]n5)n4)cn3)cn2)c1. The van der Waals surface area contributed by atoms with Crippen molar-refractivity contribution in [1.29, 1.82) is 0 Å². The fraction of sp³-hybridized carbons (Fsp3) is 0.276. The van der Waals surface area contributed by atoms with Crippen LogP contribution in [0.4, 0.5) is 0 Å².